The van der Waals surface area contributed by atoms with Gasteiger partial charge in [-0.1, -0.05) is 25.4 Å². The molecule has 0 saturated heterocycles. The lowest BCUT2D eigenvalue weighted by atomic mass is 9.97. The molecule has 1 N–H and O–H groups in total. The molecule has 1 fully saturated rings. The van der Waals surface area contributed by atoms with E-state index in [2.05, 4.69) is 23.4 Å². The lowest BCUT2D eigenvalue weighted by Gasteiger charge is -2.20. The number of imidazole rings is 1. The molecule has 0 bridgehead atoms. The van der Waals surface area contributed by atoms with Gasteiger partial charge in [0, 0.05) is 11.1 Å². The second kappa shape index (κ2) is 4.39. The van der Waals surface area contributed by atoms with Crippen molar-refractivity contribution in [3.63, 3.8) is 0 Å². The topological polar surface area (TPSA) is 20.7 Å². The molecule has 1 aromatic carbocycles. The Labute approximate surface area is 117 Å². The van der Waals surface area contributed by atoms with Gasteiger partial charge in [0.15, 0.2) is 4.77 Å². The van der Waals surface area contributed by atoms with Crippen LogP contribution in [-0.2, 0) is 0 Å². The fourth-order valence-electron chi connectivity index (χ4n) is 3.13. The molecule has 18 heavy (non-hydrogen) atoms. The molecule has 4 heteroatoms. The number of rotatable bonds is 1. The molecule has 96 valence electrons. The fraction of sp³-hybridized carbons (Fsp3) is 0.500. The highest BCUT2D eigenvalue weighted by atomic mass is 35.5. The number of nitrogens with one attached hydrogen (secondary N) is 1. The van der Waals surface area contributed by atoms with E-state index in [1.54, 1.807) is 0 Å². The van der Waals surface area contributed by atoms with Crippen molar-refractivity contribution >= 4 is 34.9 Å². The minimum absolute atomic E-state index is 0.500. The number of halogens is 1. The second-order valence-corrected chi connectivity index (χ2v) is 6.27. The van der Waals surface area contributed by atoms with Crippen molar-refractivity contribution in [3.8, 4) is 0 Å². The Morgan fingerprint density at radius 1 is 1.33 bits per heavy atom. The SMILES string of the molecule is CC1CCC(n2c(=S)[nH]c3ccc(Cl)cc32)C1C. The minimum atomic E-state index is 0.500. The van der Waals surface area contributed by atoms with Crippen LogP contribution in [0.1, 0.15) is 32.7 Å². The summed E-state index contributed by atoms with van der Waals surface area (Å²) in [5.41, 5.74) is 2.22. The number of H-pyrrole nitrogens is 1. The van der Waals surface area contributed by atoms with Gasteiger partial charge in [0.1, 0.15) is 0 Å². The number of hydrogen-bond acceptors (Lipinski definition) is 1. The Kier molecular flexibility index (Phi) is 2.99. The lowest BCUT2D eigenvalue weighted by Crippen LogP contribution is -2.14. The van der Waals surface area contributed by atoms with E-state index >= 15 is 0 Å². The van der Waals surface area contributed by atoms with Gasteiger partial charge >= 0.3 is 0 Å². The van der Waals surface area contributed by atoms with Gasteiger partial charge in [0.2, 0.25) is 0 Å². The third kappa shape index (κ3) is 1.81. The molecule has 0 spiro atoms. The molecule has 1 aromatic heterocycles. The summed E-state index contributed by atoms with van der Waals surface area (Å²) in [4.78, 5) is 3.29. The van der Waals surface area contributed by atoms with E-state index in [9.17, 15) is 0 Å². The molecule has 0 aliphatic heterocycles. The van der Waals surface area contributed by atoms with Crippen molar-refractivity contribution in [3.05, 3.63) is 28.0 Å². The number of aromatic nitrogens is 2. The second-order valence-electron chi connectivity index (χ2n) is 5.44. The van der Waals surface area contributed by atoms with E-state index in [0.29, 0.717) is 12.0 Å². The monoisotopic (exact) mass is 280 g/mol. The van der Waals surface area contributed by atoms with Gasteiger partial charge in [-0.3, -0.25) is 0 Å². The van der Waals surface area contributed by atoms with Crippen LogP contribution in [0, 0.1) is 16.6 Å². The van der Waals surface area contributed by atoms with Crippen molar-refractivity contribution in [2.75, 3.05) is 0 Å². The van der Waals surface area contributed by atoms with Gasteiger partial charge in [-0.15, -0.1) is 0 Å². The molecule has 0 amide bonds. The smallest absolute Gasteiger partial charge is 0.178 e. The van der Waals surface area contributed by atoms with Gasteiger partial charge in [0.05, 0.1) is 11.0 Å². The molecular weight excluding hydrogens is 264 g/mol. The normalized spacial score (nSPS) is 28.1. The molecule has 1 aliphatic rings. The maximum atomic E-state index is 6.11. The standard InChI is InChI=1S/C14H17ClN2S/c1-8-3-6-12(9(8)2)17-13-7-10(15)4-5-11(13)16-14(17)18/h4-5,7-9,12H,3,6H2,1-2H3,(H,16,18). The zero-order valence-electron chi connectivity index (χ0n) is 10.6. The van der Waals surface area contributed by atoms with E-state index in [1.807, 2.05) is 18.2 Å². The maximum Gasteiger partial charge on any atom is 0.178 e. The molecule has 3 unspecified atom stereocenters. The van der Waals surface area contributed by atoms with Crippen LogP contribution in [0.2, 0.25) is 5.02 Å². The fourth-order valence-corrected chi connectivity index (χ4v) is 3.64. The Morgan fingerprint density at radius 3 is 2.78 bits per heavy atom. The number of nitrogens with zero attached hydrogens (tertiary/aromatic N) is 1. The molecule has 1 aliphatic carbocycles. The van der Waals surface area contributed by atoms with Crippen LogP contribution in [0.15, 0.2) is 18.2 Å². The largest absolute Gasteiger partial charge is 0.331 e. The Hall–Kier alpha value is -0.800. The van der Waals surface area contributed by atoms with Crippen molar-refractivity contribution in [2.45, 2.75) is 32.7 Å². The van der Waals surface area contributed by atoms with Gasteiger partial charge in [0.25, 0.3) is 0 Å². The summed E-state index contributed by atoms with van der Waals surface area (Å²) < 4.78 is 3.09. The van der Waals surface area contributed by atoms with E-state index < -0.39 is 0 Å². The van der Waals surface area contributed by atoms with Crippen LogP contribution in [0.4, 0.5) is 0 Å². The van der Waals surface area contributed by atoms with Gasteiger partial charge in [-0.25, -0.2) is 0 Å². The zero-order chi connectivity index (χ0) is 12.9. The van der Waals surface area contributed by atoms with Gasteiger partial charge < -0.3 is 9.55 Å². The predicted octanol–water partition coefficient (Wildman–Crippen LogP) is 4.96. The molecule has 2 nitrogen and oxygen atoms in total. The summed E-state index contributed by atoms with van der Waals surface area (Å²) in [6.45, 7) is 4.66. The van der Waals surface area contributed by atoms with Crippen molar-refractivity contribution < 1.29 is 0 Å². The summed E-state index contributed by atoms with van der Waals surface area (Å²) in [5.74, 6) is 1.43. The molecule has 2 aromatic rings. The average Bonchev–Trinajstić information content (AvgIpc) is 2.81. The van der Waals surface area contributed by atoms with Gasteiger partial charge in [-0.05, 0) is 55.1 Å². The first-order valence-electron chi connectivity index (χ1n) is 6.47. The van der Waals surface area contributed by atoms with Crippen LogP contribution in [0.5, 0.6) is 0 Å². The van der Waals surface area contributed by atoms with Crippen LogP contribution in [-0.4, -0.2) is 9.55 Å². The highest BCUT2D eigenvalue weighted by Gasteiger charge is 2.32. The summed E-state index contributed by atoms with van der Waals surface area (Å²) >= 11 is 11.6. The zero-order valence-corrected chi connectivity index (χ0v) is 12.2. The van der Waals surface area contributed by atoms with Crippen LogP contribution >= 0.6 is 23.8 Å². The molecule has 1 heterocycles. The molecular formula is C14H17ClN2S. The third-order valence-electron chi connectivity index (χ3n) is 4.43. The van der Waals surface area contributed by atoms with Crippen LogP contribution in [0.25, 0.3) is 11.0 Å². The third-order valence-corrected chi connectivity index (χ3v) is 4.97. The maximum absolute atomic E-state index is 6.11. The first-order valence-corrected chi connectivity index (χ1v) is 7.26. The van der Waals surface area contributed by atoms with Crippen molar-refractivity contribution in [1.29, 1.82) is 0 Å². The first kappa shape index (κ1) is 12.2. The Bertz CT molecular complexity index is 643. The first-order chi connectivity index (χ1) is 8.58. The van der Waals surface area contributed by atoms with E-state index in [1.165, 1.54) is 12.8 Å². The molecule has 0 radical (unpaired) electrons. The Morgan fingerprint density at radius 2 is 2.11 bits per heavy atom. The quantitative estimate of drug-likeness (QED) is 0.732. The van der Waals surface area contributed by atoms with E-state index in [0.717, 1.165) is 26.7 Å². The summed E-state index contributed by atoms with van der Waals surface area (Å²) in [6, 6.07) is 6.42. The summed E-state index contributed by atoms with van der Waals surface area (Å²) in [7, 11) is 0. The number of fused-ring (bicyclic) bond motifs is 1. The van der Waals surface area contributed by atoms with Crippen LogP contribution in [0.3, 0.4) is 0 Å². The average molecular weight is 281 g/mol. The highest BCUT2D eigenvalue weighted by Crippen LogP contribution is 2.41. The predicted molar refractivity (Wildman–Crippen MR) is 78.7 cm³/mol. The summed E-state index contributed by atoms with van der Waals surface area (Å²) in [6.07, 6.45) is 2.48. The minimum Gasteiger partial charge on any atom is -0.331 e. The van der Waals surface area contributed by atoms with Crippen molar-refractivity contribution in [2.24, 2.45) is 11.8 Å². The molecule has 1 saturated carbocycles. The molecule has 3 rings (SSSR count). The number of hydrogen-bond donors (Lipinski definition) is 1. The Balaban J connectivity index is 2.19. The van der Waals surface area contributed by atoms with Gasteiger partial charge in [-0.2, -0.15) is 0 Å². The summed E-state index contributed by atoms with van der Waals surface area (Å²) in [5, 5.41) is 0.768. The number of benzene rings is 1. The van der Waals surface area contributed by atoms with Crippen LogP contribution < -0.4 is 0 Å². The highest BCUT2D eigenvalue weighted by molar-refractivity contribution is 7.71. The molecule has 3 atom stereocenters. The lowest BCUT2D eigenvalue weighted by molar-refractivity contribution is 0.356. The van der Waals surface area contributed by atoms with E-state index in [4.69, 9.17) is 23.8 Å². The van der Waals surface area contributed by atoms with E-state index in [-0.39, 0.29) is 0 Å². The number of aromatic amines is 1. The van der Waals surface area contributed by atoms with Crippen molar-refractivity contribution in [1.82, 2.24) is 9.55 Å².